The van der Waals surface area contributed by atoms with E-state index in [0.29, 0.717) is 5.41 Å². The monoisotopic (exact) mass is 259 g/mol. The standard InChI is InChI=1S/C18H29N/c1-4-5-8-11-18(2,3)14-19-13-16-12-15-9-6-7-10-17(15)16/h6-7,9-10,16,19H,4-5,8,11-14H2,1-3H3. The van der Waals surface area contributed by atoms with Gasteiger partial charge in [-0.1, -0.05) is 64.3 Å². The third-order valence-electron chi connectivity index (χ3n) is 4.41. The van der Waals surface area contributed by atoms with E-state index in [0.717, 1.165) is 19.0 Å². The maximum atomic E-state index is 3.70. The van der Waals surface area contributed by atoms with Gasteiger partial charge in [0.1, 0.15) is 0 Å². The fourth-order valence-corrected chi connectivity index (χ4v) is 3.07. The van der Waals surface area contributed by atoms with Gasteiger partial charge in [0.05, 0.1) is 0 Å². The molecule has 1 aliphatic carbocycles. The molecule has 1 unspecified atom stereocenters. The van der Waals surface area contributed by atoms with Crippen LogP contribution in [0.15, 0.2) is 24.3 Å². The second kappa shape index (κ2) is 6.56. The number of rotatable bonds is 8. The van der Waals surface area contributed by atoms with Crippen LogP contribution in [0.1, 0.15) is 63.5 Å². The number of hydrogen-bond donors (Lipinski definition) is 1. The van der Waals surface area contributed by atoms with E-state index in [1.54, 1.807) is 11.1 Å². The van der Waals surface area contributed by atoms with Crippen LogP contribution in [-0.2, 0) is 6.42 Å². The minimum absolute atomic E-state index is 0.443. The smallest absolute Gasteiger partial charge is 0.00236 e. The van der Waals surface area contributed by atoms with E-state index in [2.05, 4.69) is 50.4 Å². The Morgan fingerprint density at radius 3 is 2.74 bits per heavy atom. The Labute approximate surface area is 118 Å². The summed E-state index contributed by atoms with van der Waals surface area (Å²) in [5, 5.41) is 3.70. The molecule has 1 N–H and O–H groups in total. The number of hydrogen-bond acceptors (Lipinski definition) is 1. The van der Waals surface area contributed by atoms with Gasteiger partial charge in [-0.25, -0.2) is 0 Å². The lowest BCUT2D eigenvalue weighted by molar-refractivity contribution is 0.297. The second-order valence-electron chi connectivity index (χ2n) is 6.85. The van der Waals surface area contributed by atoms with Gasteiger partial charge in [0, 0.05) is 19.0 Å². The summed E-state index contributed by atoms with van der Waals surface area (Å²) in [6, 6.07) is 8.87. The van der Waals surface area contributed by atoms with Gasteiger partial charge in [0.25, 0.3) is 0 Å². The van der Waals surface area contributed by atoms with Crippen molar-refractivity contribution in [2.24, 2.45) is 5.41 Å². The van der Waals surface area contributed by atoms with Crippen molar-refractivity contribution < 1.29 is 0 Å². The van der Waals surface area contributed by atoms with Crippen molar-refractivity contribution in [3.05, 3.63) is 35.4 Å². The highest BCUT2D eigenvalue weighted by Gasteiger charge is 2.25. The van der Waals surface area contributed by atoms with Crippen LogP contribution in [0, 0.1) is 5.41 Å². The van der Waals surface area contributed by atoms with Gasteiger partial charge >= 0.3 is 0 Å². The van der Waals surface area contributed by atoms with Crippen molar-refractivity contribution in [2.75, 3.05) is 13.1 Å². The molecule has 19 heavy (non-hydrogen) atoms. The zero-order chi connectivity index (χ0) is 13.7. The van der Waals surface area contributed by atoms with Gasteiger partial charge in [0.2, 0.25) is 0 Å². The van der Waals surface area contributed by atoms with Crippen molar-refractivity contribution in [1.29, 1.82) is 0 Å². The largest absolute Gasteiger partial charge is 0.316 e. The fourth-order valence-electron chi connectivity index (χ4n) is 3.07. The summed E-state index contributed by atoms with van der Waals surface area (Å²) >= 11 is 0. The van der Waals surface area contributed by atoms with Gasteiger partial charge in [-0.2, -0.15) is 0 Å². The zero-order valence-corrected chi connectivity index (χ0v) is 12.8. The Morgan fingerprint density at radius 1 is 1.21 bits per heavy atom. The van der Waals surface area contributed by atoms with E-state index >= 15 is 0 Å². The Morgan fingerprint density at radius 2 is 2.00 bits per heavy atom. The van der Waals surface area contributed by atoms with Gasteiger partial charge in [0.15, 0.2) is 0 Å². The molecule has 0 fully saturated rings. The summed E-state index contributed by atoms with van der Waals surface area (Å²) in [7, 11) is 0. The molecular weight excluding hydrogens is 230 g/mol. The topological polar surface area (TPSA) is 12.0 Å². The maximum absolute atomic E-state index is 3.70. The average Bonchev–Trinajstić information content (AvgIpc) is 2.35. The Kier molecular flexibility index (Phi) is 5.04. The SMILES string of the molecule is CCCCCC(C)(C)CNCC1Cc2ccccc21. The molecule has 2 rings (SSSR count). The Balaban J connectivity index is 1.67. The Hall–Kier alpha value is -0.820. The molecule has 0 bridgehead atoms. The predicted molar refractivity (Wildman–Crippen MR) is 83.7 cm³/mol. The van der Waals surface area contributed by atoms with E-state index < -0.39 is 0 Å². The van der Waals surface area contributed by atoms with Crippen LogP contribution in [0.2, 0.25) is 0 Å². The van der Waals surface area contributed by atoms with Crippen LogP contribution in [0.5, 0.6) is 0 Å². The summed E-state index contributed by atoms with van der Waals surface area (Å²) in [5.41, 5.74) is 3.56. The van der Waals surface area contributed by atoms with E-state index in [4.69, 9.17) is 0 Å². The second-order valence-corrected chi connectivity index (χ2v) is 6.85. The maximum Gasteiger partial charge on any atom is 0.00236 e. The summed E-state index contributed by atoms with van der Waals surface area (Å²) in [4.78, 5) is 0. The van der Waals surface area contributed by atoms with Crippen LogP contribution in [0.4, 0.5) is 0 Å². The normalized spacial score (nSPS) is 17.9. The van der Waals surface area contributed by atoms with E-state index in [1.165, 1.54) is 32.1 Å². The summed E-state index contributed by atoms with van der Waals surface area (Å²) in [6.07, 6.45) is 6.67. The average molecular weight is 259 g/mol. The van der Waals surface area contributed by atoms with Crippen molar-refractivity contribution in [2.45, 2.75) is 58.8 Å². The molecule has 106 valence electrons. The minimum Gasteiger partial charge on any atom is -0.316 e. The van der Waals surface area contributed by atoms with Gasteiger partial charge in [-0.05, 0) is 29.4 Å². The molecule has 1 aromatic rings. The molecule has 1 nitrogen and oxygen atoms in total. The lowest BCUT2D eigenvalue weighted by atomic mass is 9.77. The molecule has 1 atom stereocenters. The molecule has 1 aromatic carbocycles. The summed E-state index contributed by atoms with van der Waals surface area (Å²) in [5.74, 6) is 0.752. The molecule has 0 heterocycles. The highest BCUT2D eigenvalue weighted by Crippen LogP contribution is 2.34. The number of nitrogens with one attached hydrogen (secondary N) is 1. The van der Waals surface area contributed by atoms with Crippen molar-refractivity contribution >= 4 is 0 Å². The molecule has 0 saturated heterocycles. The first kappa shape index (κ1) is 14.6. The molecule has 0 aliphatic heterocycles. The first-order chi connectivity index (χ1) is 9.12. The highest BCUT2D eigenvalue weighted by atomic mass is 14.9. The highest BCUT2D eigenvalue weighted by molar-refractivity contribution is 5.40. The molecule has 0 saturated carbocycles. The molecular formula is C18H29N. The van der Waals surface area contributed by atoms with Crippen molar-refractivity contribution in [3.63, 3.8) is 0 Å². The number of unbranched alkanes of at least 4 members (excludes halogenated alkanes) is 2. The van der Waals surface area contributed by atoms with Crippen LogP contribution in [-0.4, -0.2) is 13.1 Å². The van der Waals surface area contributed by atoms with Crippen LogP contribution in [0.25, 0.3) is 0 Å². The lowest BCUT2D eigenvalue weighted by Crippen LogP contribution is -2.35. The van der Waals surface area contributed by atoms with Gasteiger partial charge in [-0.3, -0.25) is 0 Å². The molecule has 1 aliphatic rings. The van der Waals surface area contributed by atoms with Crippen molar-refractivity contribution in [1.82, 2.24) is 5.32 Å². The fraction of sp³-hybridized carbons (Fsp3) is 0.667. The third kappa shape index (κ3) is 4.07. The molecule has 0 amide bonds. The van der Waals surface area contributed by atoms with E-state index in [-0.39, 0.29) is 0 Å². The van der Waals surface area contributed by atoms with Gasteiger partial charge < -0.3 is 5.32 Å². The summed E-state index contributed by atoms with van der Waals surface area (Å²) in [6.45, 7) is 9.36. The first-order valence-corrected chi connectivity index (χ1v) is 7.91. The summed E-state index contributed by atoms with van der Waals surface area (Å²) < 4.78 is 0. The quantitative estimate of drug-likeness (QED) is 0.677. The molecule has 0 aromatic heterocycles. The molecule has 1 heteroatoms. The lowest BCUT2D eigenvalue weighted by Gasteiger charge is -2.32. The zero-order valence-electron chi connectivity index (χ0n) is 12.8. The van der Waals surface area contributed by atoms with Gasteiger partial charge in [-0.15, -0.1) is 0 Å². The van der Waals surface area contributed by atoms with Crippen LogP contribution in [0.3, 0.4) is 0 Å². The van der Waals surface area contributed by atoms with Crippen LogP contribution >= 0.6 is 0 Å². The van der Waals surface area contributed by atoms with E-state index in [9.17, 15) is 0 Å². The van der Waals surface area contributed by atoms with Crippen LogP contribution < -0.4 is 5.32 Å². The molecule has 0 spiro atoms. The Bertz CT molecular complexity index is 394. The minimum atomic E-state index is 0.443. The predicted octanol–water partition coefficient (Wildman–Crippen LogP) is 4.52. The molecule has 0 radical (unpaired) electrons. The third-order valence-corrected chi connectivity index (χ3v) is 4.41. The number of benzene rings is 1. The number of fused-ring (bicyclic) bond motifs is 1. The first-order valence-electron chi connectivity index (χ1n) is 7.91. The van der Waals surface area contributed by atoms with Crippen molar-refractivity contribution in [3.8, 4) is 0 Å². The van der Waals surface area contributed by atoms with E-state index in [1.807, 2.05) is 0 Å².